The van der Waals surface area contributed by atoms with E-state index in [1.54, 1.807) is 0 Å². The highest BCUT2D eigenvalue weighted by molar-refractivity contribution is 5.42. The van der Waals surface area contributed by atoms with E-state index in [2.05, 4.69) is 32.0 Å². The standard InChI is InChI=1S/C18H20O2/c1-18(2)11-10-15-12-16(8-9-17(15)20-18)19-13-14-6-4-3-5-7-14/h3-9,12H,10-11,13H2,1-2H3. The van der Waals surface area contributed by atoms with Gasteiger partial charge in [-0.1, -0.05) is 30.3 Å². The van der Waals surface area contributed by atoms with Gasteiger partial charge in [0.25, 0.3) is 0 Å². The largest absolute Gasteiger partial charge is 0.489 e. The molecule has 2 nitrogen and oxygen atoms in total. The summed E-state index contributed by atoms with van der Waals surface area (Å²) in [5, 5.41) is 0. The smallest absolute Gasteiger partial charge is 0.123 e. The zero-order valence-corrected chi connectivity index (χ0v) is 12.1. The Morgan fingerprint density at radius 1 is 1.10 bits per heavy atom. The van der Waals surface area contributed by atoms with Crippen LogP contribution in [-0.4, -0.2) is 5.60 Å². The SMILES string of the molecule is CC1(C)CCc2cc(OCc3ccccc3)ccc2O1. The van der Waals surface area contributed by atoms with Crippen molar-refractivity contribution in [1.29, 1.82) is 0 Å². The molecule has 0 amide bonds. The first-order valence-corrected chi connectivity index (χ1v) is 7.11. The molecule has 0 fully saturated rings. The Kier molecular flexibility index (Phi) is 3.39. The van der Waals surface area contributed by atoms with Crippen LogP contribution in [0.25, 0.3) is 0 Å². The third-order valence-electron chi connectivity index (χ3n) is 3.66. The van der Waals surface area contributed by atoms with Crippen LogP contribution in [-0.2, 0) is 13.0 Å². The summed E-state index contributed by atoms with van der Waals surface area (Å²) in [5.74, 6) is 1.91. The highest BCUT2D eigenvalue weighted by Crippen LogP contribution is 2.35. The second kappa shape index (κ2) is 5.20. The van der Waals surface area contributed by atoms with Gasteiger partial charge in [-0.25, -0.2) is 0 Å². The van der Waals surface area contributed by atoms with Gasteiger partial charge in [-0.3, -0.25) is 0 Å². The van der Waals surface area contributed by atoms with E-state index in [0.717, 1.165) is 24.3 Å². The first kappa shape index (κ1) is 13.0. The number of ether oxygens (including phenoxy) is 2. The van der Waals surface area contributed by atoms with E-state index in [4.69, 9.17) is 9.47 Å². The lowest BCUT2D eigenvalue weighted by Crippen LogP contribution is -2.32. The van der Waals surface area contributed by atoms with Crippen LogP contribution in [0.2, 0.25) is 0 Å². The summed E-state index contributed by atoms with van der Waals surface area (Å²) >= 11 is 0. The summed E-state index contributed by atoms with van der Waals surface area (Å²) in [7, 11) is 0. The van der Waals surface area contributed by atoms with Crippen molar-refractivity contribution >= 4 is 0 Å². The number of aryl methyl sites for hydroxylation is 1. The van der Waals surface area contributed by atoms with Crippen molar-refractivity contribution in [2.24, 2.45) is 0 Å². The monoisotopic (exact) mass is 268 g/mol. The Morgan fingerprint density at radius 3 is 2.70 bits per heavy atom. The molecular formula is C18H20O2. The first-order valence-electron chi connectivity index (χ1n) is 7.11. The average Bonchev–Trinajstić information content (AvgIpc) is 2.45. The second-order valence-corrected chi connectivity index (χ2v) is 5.91. The minimum absolute atomic E-state index is 0.0561. The molecule has 2 heteroatoms. The van der Waals surface area contributed by atoms with Crippen molar-refractivity contribution in [2.75, 3.05) is 0 Å². The second-order valence-electron chi connectivity index (χ2n) is 5.91. The van der Waals surface area contributed by atoms with Crippen LogP contribution in [0.15, 0.2) is 48.5 Å². The van der Waals surface area contributed by atoms with Crippen LogP contribution in [0.5, 0.6) is 11.5 Å². The minimum atomic E-state index is -0.0561. The van der Waals surface area contributed by atoms with Crippen molar-refractivity contribution in [3.05, 3.63) is 59.7 Å². The van der Waals surface area contributed by atoms with E-state index in [9.17, 15) is 0 Å². The molecule has 2 aromatic rings. The fraction of sp³-hybridized carbons (Fsp3) is 0.333. The predicted molar refractivity (Wildman–Crippen MR) is 80.2 cm³/mol. The van der Waals surface area contributed by atoms with E-state index >= 15 is 0 Å². The minimum Gasteiger partial charge on any atom is -0.489 e. The van der Waals surface area contributed by atoms with Crippen LogP contribution in [0.4, 0.5) is 0 Å². The lowest BCUT2D eigenvalue weighted by atomic mass is 9.94. The van der Waals surface area contributed by atoms with Gasteiger partial charge in [0, 0.05) is 0 Å². The van der Waals surface area contributed by atoms with Crippen molar-refractivity contribution < 1.29 is 9.47 Å². The maximum absolute atomic E-state index is 5.98. The molecule has 2 aromatic carbocycles. The van der Waals surface area contributed by atoms with Crippen LogP contribution >= 0.6 is 0 Å². The Morgan fingerprint density at radius 2 is 1.90 bits per heavy atom. The van der Waals surface area contributed by atoms with Crippen molar-refractivity contribution in [2.45, 2.75) is 38.9 Å². The Balaban J connectivity index is 1.70. The van der Waals surface area contributed by atoms with E-state index in [-0.39, 0.29) is 5.60 Å². The zero-order valence-electron chi connectivity index (χ0n) is 12.1. The quantitative estimate of drug-likeness (QED) is 0.823. The van der Waals surface area contributed by atoms with Gasteiger partial charge in [-0.15, -0.1) is 0 Å². The number of fused-ring (bicyclic) bond motifs is 1. The summed E-state index contributed by atoms with van der Waals surface area (Å²) in [6, 6.07) is 16.3. The molecular weight excluding hydrogens is 248 g/mol. The predicted octanol–water partition coefficient (Wildman–Crippen LogP) is 4.37. The van der Waals surface area contributed by atoms with E-state index in [1.807, 2.05) is 30.3 Å². The van der Waals surface area contributed by atoms with Crippen LogP contribution in [0, 0.1) is 0 Å². The zero-order chi connectivity index (χ0) is 14.0. The molecule has 0 saturated carbocycles. The highest BCUT2D eigenvalue weighted by atomic mass is 16.5. The molecule has 0 aromatic heterocycles. The molecule has 0 bridgehead atoms. The van der Waals surface area contributed by atoms with Crippen molar-refractivity contribution in [3.8, 4) is 11.5 Å². The molecule has 0 N–H and O–H groups in total. The summed E-state index contributed by atoms with van der Waals surface area (Å²) in [4.78, 5) is 0. The Bertz CT molecular complexity index is 588. The third kappa shape index (κ3) is 2.96. The molecule has 1 heterocycles. The molecule has 3 rings (SSSR count). The molecule has 1 aliphatic rings. The maximum Gasteiger partial charge on any atom is 0.123 e. The third-order valence-corrected chi connectivity index (χ3v) is 3.66. The summed E-state index contributed by atoms with van der Waals surface area (Å²) in [6.07, 6.45) is 2.09. The number of benzene rings is 2. The topological polar surface area (TPSA) is 18.5 Å². The van der Waals surface area contributed by atoms with Gasteiger partial charge in [0.2, 0.25) is 0 Å². The normalized spacial score (nSPS) is 16.1. The van der Waals surface area contributed by atoms with E-state index in [1.165, 1.54) is 11.1 Å². The molecule has 0 radical (unpaired) electrons. The number of hydrogen-bond donors (Lipinski definition) is 0. The van der Waals surface area contributed by atoms with Crippen molar-refractivity contribution in [1.82, 2.24) is 0 Å². The van der Waals surface area contributed by atoms with Gasteiger partial charge in [-0.2, -0.15) is 0 Å². The fourth-order valence-electron chi connectivity index (χ4n) is 2.47. The number of rotatable bonds is 3. The summed E-state index contributed by atoms with van der Waals surface area (Å²) < 4.78 is 11.8. The van der Waals surface area contributed by atoms with Crippen LogP contribution in [0.3, 0.4) is 0 Å². The van der Waals surface area contributed by atoms with Gasteiger partial charge >= 0.3 is 0 Å². The number of hydrogen-bond acceptors (Lipinski definition) is 2. The van der Waals surface area contributed by atoms with Gasteiger partial charge in [0.05, 0.1) is 0 Å². The lowest BCUT2D eigenvalue weighted by Gasteiger charge is -2.32. The summed E-state index contributed by atoms with van der Waals surface area (Å²) in [6.45, 7) is 4.87. The molecule has 0 atom stereocenters. The summed E-state index contributed by atoms with van der Waals surface area (Å²) in [5.41, 5.74) is 2.37. The Hall–Kier alpha value is -1.96. The fourth-order valence-corrected chi connectivity index (χ4v) is 2.47. The Labute approximate surface area is 120 Å². The molecule has 0 unspecified atom stereocenters. The molecule has 1 aliphatic heterocycles. The average molecular weight is 268 g/mol. The molecule has 104 valence electrons. The maximum atomic E-state index is 5.98. The van der Waals surface area contributed by atoms with Gasteiger partial charge in [-0.05, 0) is 56.0 Å². The lowest BCUT2D eigenvalue weighted by molar-refractivity contribution is 0.0844. The van der Waals surface area contributed by atoms with Gasteiger partial charge in [0.1, 0.15) is 23.7 Å². The van der Waals surface area contributed by atoms with E-state index < -0.39 is 0 Å². The van der Waals surface area contributed by atoms with Gasteiger partial charge in [0.15, 0.2) is 0 Å². The molecule has 0 aliphatic carbocycles. The van der Waals surface area contributed by atoms with Crippen molar-refractivity contribution in [3.63, 3.8) is 0 Å². The molecule has 20 heavy (non-hydrogen) atoms. The van der Waals surface area contributed by atoms with E-state index in [0.29, 0.717) is 6.61 Å². The highest BCUT2D eigenvalue weighted by Gasteiger charge is 2.26. The van der Waals surface area contributed by atoms with Crippen LogP contribution in [0.1, 0.15) is 31.4 Å². The molecule has 0 spiro atoms. The van der Waals surface area contributed by atoms with Gasteiger partial charge < -0.3 is 9.47 Å². The first-order chi connectivity index (χ1) is 9.62. The van der Waals surface area contributed by atoms with Crippen LogP contribution < -0.4 is 9.47 Å². The molecule has 0 saturated heterocycles.